The number of hydrogen-bond donors (Lipinski definition) is 3. The minimum absolute atomic E-state index is 0. The molecule has 0 unspecified atom stereocenters. The highest BCUT2D eigenvalue weighted by molar-refractivity contribution is 14.0. The third kappa shape index (κ3) is 6.22. The second-order valence-corrected chi connectivity index (χ2v) is 7.36. The fourth-order valence-electron chi connectivity index (χ4n) is 3.57. The third-order valence-electron chi connectivity index (χ3n) is 5.28. The zero-order valence-corrected chi connectivity index (χ0v) is 21.1. The Hall–Kier alpha value is -3.13. The van der Waals surface area contributed by atoms with Crippen LogP contribution >= 0.6 is 24.0 Å². The number of benzene rings is 2. The summed E-state index contributed by atoms with van der Waals surface area (Å²) in [6.45, 7) is 4.69. The molecule has 5 N–H and O–H groups in total. The highest BCUT2D eigenvalue weighted by atomic mass is 127. The molecule has 1 heterocycles. The molecule has 0 aliphatic rings. The number of aromatic nitrogens is 2. The van der Waals surface area contributed by atoms with Crippen LogP contribution in [0.2, 0.25) is 0 Å². The Bertz CT molecular complexity index is 1120. The van der Waals surface area contributed by atoms with Crippen molar-refractivity contribution in [2.24, 2.45) is 10.7 Å². The first-order valence-corrected chi connectivity index (χ1v) is 10.7. The lowest BCUT2D eigenvalue weighted by Gasteiger charge is -2.14. The van der Waals surface area contributed by atoms with E-state index in [0.717, 1.165) is 18.5 Å². The molecule has 0 aliphatic heterocycles. The number of nitrogen functional groups attached to an aromatic ring is 1. The van der Waals surface area contributed by atoms with Gasteiger partial charge in [-0.3, -0.25) is 4.99 Å². The highest BCUT2D eigenvalue weighted by Crippen LogP contribution is 2.23. The number of nitrogens with zero attached hydrogens (tertiary/aromatic N) is 4. The summed E-state index contributed by atoms with van der Waals surface area (Å²) in [4.78, 5) is 4.43. The van der Waals surface area contributed by atoms with Gasteiger partial charge in [0.15, 0.2) is 5.96 Å². The van der Waals surface area contributed by atoms with Crippen LogP contribution in [0.15, 0.2) is 47.5 Å². The van der Waals surface area contributed by atoms with Crippen LogP contribution in [0.5, 0.6) is 0 Å². The molecule has 0 saturated carbocycles. The van der Waals surface area contributed by atoms with E-state index in [0.29, 0.717) is 42.3 Å². The molecule has 3 rings (SSSR count). The summed E-state index contributed by atoms with van der Waals surface area (Å²) < 4.78 is 14.7. The van der Waals surface area contributed by atoms with E-state index < -0.39 is 0 Å². The Balaban J connectivity index is 0.00000385. The number of aryl methyl sites for hydroxylation is 3. The normalized spacial score (nSPS) is 11.0. The molecule has 33 heavy (non-hydrogen) atoms. The van der Waals surface area contributed by atoms with Crippen molar-refractivity contribution in [2.45, 2.75) is 39.5 Å². The Morgan fingerprint density at radius 3 is 2.36 bits per heavy atom. The molecule has 9 heteroatoms. The van der Waals surface area contributed by atoms with E-state index in [9.17, 15) is 9.65 Å². The fourth-order valence-corrected chi connectivity index (χ4v) is 3.57. The van der Waals surface area contributed by atoms with E-state index in [1.54, 1.807) is 12.1 Å². The molecule has 0 fully saturated rings. The molecule has 0 bridgehead atoms. The van der Waals surface area contributed by atoms with E-state index in [4.69, 9.17) is 11.5 Å². The average molecular weight is 561 g/mol. The summed E-state index contributed by atoms with van der Waals surface area (Å²) in [7, 11) is 0. The second-order valence-electron chi connectivity index (χ2n) is 7.36. The molecule has 3 aromatic rings. The van der Waals surface area contributed by atoms with Gasteiger partial charge in [0.05, 0.1) is 11.4 Å². The van der Waals surface area contributed by atoms with Crippen LogP contribution in [-0.2, 0) is 19.3 Å². The topological polar surface area (TPSA) is 118 Å². The summed E-state index contributed by atoms with van der Waals surface area (Å²) in [5.74, 6) is 0.247. The first kappa shape index (κ1) is 26.1. The van der Waals surface area contributed by atoms with Gasteiger partial charge in [0.1, 0.15) is 23.3 Å². The molecule has 0 atom stereocenters. The number of nitrogens with two attached hydrogens (primary N) is 2. The lowest BCUT2D eigenvalue weighted by Crippen LogP contribution is -2.24. The molecule has 0 aliphatic carbocycles. The van der Waals surface area contributed by atoms with Crippen LogP contribution in [0.25, 0.3) is 5.69 Å². The van der Waals surface area contributed by atoms with Crippen molar-refractivity contribution in [1.29, 1.82) is 5.26 Å². The molecule has 174 valence electrons. The van der Waals surface area contributed by atoms with Gasteiger partial charge in [0.25, 0.3) is 0 Å². The number of anilines is 2. The fraction of sp³-hybridized carbons (Fsp3) is 0.292. The Kier molecular flexibility index (Phi) is 9.66. The summed E-state index contributed by atoms with van der Waals surface area (Å²) >= 11 is 0. The Morgan fingerprint density at radius 1 is 1.15 bits per heavy atom. The van der Waals surface area contributed by atoms with Gasteiger partial charge < -0.3 is 16.8 Å². The maximum atomic E-state index is 13.2. The van der Waals surface area contributed by atoms with E-state index in [2.05, 4.69) is 53.5 Å². The van der Waals surface area contributed by atoms with Crippen molar-refractivity contribution < 1.29 is 4.39 Å². The smallest absolute Gasteiger partial charge is 0.193 e. The number of guanidine groups is 1. The van der Waals surface area contributed by atoms with Gasteiger partial charge in [0, 0.05) is 12.2 Å². The summed E-state index contributed by atoms with van der Waals surface area (Å²) in [6.07, 6.45) is 2.97. The number of halogens is 2. The molecule has 0 radical (unpaired) electrons. The van der Waals surface area contributed by atoms with Gasteiger partial charge in [-0.05, 0) is 61.1 Å². The van der Waals surface area contributed by atoms with Crippen molar-refractivity contribution in [2.75, 3.05) is 17.6 Å². The average Bonchev–Trinajstić information content (AvgIpc) is 3.12. The summed E-state index contributed by atoms with van der Waals surface area (Å²) in [5, 5.41) is 17.2. The van der Waals surface area contributed by atoms with Gasteiger partial charge in [-0.1, -0.05) is 32.0 Å². The van der Waals surface area contributed by atoms with Crippen LogP contribution in [0.3, 0.4) is 0 Å². The van der Waals surface area contributed by atoms with Crippen LogP contribution in [-0.4, -0.2) is 22.3 Å². The van der Waals surface area contributed by atoms with Crippen LogP contribution in [0.4, 0.5) is 15.9 Å². The molecule has 0 spiro atoms. The lowest BCUT2D eigenvalue weighted by molar-refractivity contribution is 0.627. The molecule has 7 nitrogen and oxygen atoms in total. The van der Waals surface area contributed by atoms with Crippen molar-refractivity contribution in [3.63, 3.8) is 0 Å². The molecule has 0 saturated heterocycles. The maximum Gasteiger partial charge on any atom is 0.193 e. The SMILES string of the molecule is CCc1cccc(CC)c1NC(N)=NCCCc1nn(-c2ccc(F)cc2)c(N)c1C#N.I. The van der Waals surface area contributed by atoms with E-state index in [1.807, 2.05) is 0 Å². The number of aliphatic imine (C=N–C) groups is 1. The van der Waals surface area contributed by atoms with Gasteiger partial charge in [-0.25, -0.2) is 9.07 Å². The number of rotatable bonds is 8. The predicted molar refractivity (Wildman–Crippen MR) is 142 cm³/mol. The first-order valence-electron chi connectivity index (χ1n) is 10.7. The summed E-state index contributed by atoms with van der Waals surface area (Å²) in [6, 6.07) is 14.1. The second kappa shape index (κ2) is 12.2. The van der Waals surface area contributed by atoms with Crippen LogP contribution in [0.1, 0.15) is 42.7 Å². The minimum atomic E-state index is -0.350. The van der Waals surface area contributed by atoms with Gasteiger partial charge >= 0.3 is 0 Å². The lowest BCUT2D eigenvalue weighted by atomic mass is 10.0. The van der Waals surface area contributed by atoms with Gasteiger partial charge in [0.2, 0.25) is 0 Å². The molecule has 1 aromatic heterocycles. The Labute approximate surface area is 210 Å². The molecular weight excluding hydrogens is 532 g/mol. The van der Waals surface area contributed by atoms with Crippen molar-refractivity contribution >= 4 is 41.4 Å². The minimum Gasteiger partial charge on any atom is -0.382 e. The first-order chi connectivity index (χ1) is 15.5. The zero-order chi connectivity index (χ0) is 23.1. The number of nitriles is 1. The predicted octanol–water partition coefficient (Wildman–Crippen LogP) is 4.57. The van der Waals surface area contributed by atoms with Crippen LogP contribution < -0.4 is 16.8 Å². The monoisotopic (exact) mass is 561 g/mol. The third-order valence-corrected chi connectivity index (χ3v) is 5.28. The largest absolute Gasteiger partial charge is 0.382 e. The van der Waals surface area contributed by atoms with Gasteiger partial charge in [-0.15, -0.1) is 24.0 Å². The van der Waals surface area contributed by atoms with Crippen LogP contribution in [0, 0.1) is 17.1 Å². The highest BCUT2D eigenvalue weighted by Gasteiger charge is 2.16. The van der Waals surface area contributed by atoms with Crippen molar-refractivity contribution in [1.82, 2.24) is 9.78 Å². The van der Waals surface area contributed by atoms with Gasteiger partial charge in [-0.2, -0.15) is 10.4 Å². The number of nitrogens with one attached hydrogen (secondary N) is 1. The molecule has 2 aromatic carbocycles. The molecular formula is C24H29FIN7. The van der Waals surface area contributed by atoms with E-state index >= 15 is 0 Å². The van der Waals surface area contributed by atoms with Crippen molar-refractivity contribution in [3.05, 3.63) is 70.7 Å². The standard InChI is InChI=1S/C24H28FN7.HI/c1-3-16-7-5-8-17(4-2)22(16)30-24(28)29-14-6-9-21-20(15-26)23(27)32(31-21)19-12-10-18(25)11-13-19;/h5,7-8,10-13H,3-4,6,9,14,27H2,1-2H3,(H3,28,29,30);1H. The van der Waals surface area contributed by atoms with E-state index in [-0.39, 0.29) is 35.6 Å². The Morgan fingerprint density at radius 2 is 1.79 bits per heavy atom. The molecule has 0 amide bonds. The maximum absolute atomic E-state index is 13.2. The van der Waals surface area contributed by atoms with E-state index in [1.165, 1.54) is 27.9 Å². The zero-order valence-electron chi connectivity index (χ0n) is 18.8. The number of para-hydroxylation sites is 1. The summed E-state index contributed by atoms with van der Waals surface area (Å²) in [5.41, 5.74) is 17.2. The van der Waals surface area contributed by atoms with Crippen molar-refractivity contribution in [3.8, 4) is 11.8 Å². The number of hydrogen-bond acceptors (Lipinski definition) is 4. The quantitative estimate of drug-likeness (QED) is 0.161.